The Bertz CT molecular complexity index is 852. The van der Waals surface area contributed by atoms with E-state index in [-0.39, 0.29) is 11.3 Å². The second kappa shape index (κ2) is 10.8. The van der Waals surface area contributed by atoms with Gasteiger partial charge in [-0.15, -0.1) is 0 Å². The summed E-state index contributed by atoms with van der Waals surface area (Å²) in [4.78, 5) is 14.4. The molecule has 1 amide bonds. The Labute approximate surface area is 171 Å². The average Bonchev–Trinajstić information content (AvgIpc) is 2.59. The molecule has 0 heterocycles. The highest BCUT2D eigenvalue weighted by atomic mass is 32.2. The number of ether oxygens (including phenoxy) is 1. The van der Waals surface area contributed by atoms with Crippen molar-refractivity contribution in [2.45, 2.75) is 63.5 Å². The molecule has 3 N–H and O–H groups in total. The maximum atomic E-state index is 12.6. The Morgan fingerprint density at radius 2 is 1.90 bits per heavy atom. The first-order chi connectivity index (χ1) is 13.4. The molecule has 160 valence electrons. The van der Waals surface area contributed by atoms with E-state index >= 15 is 0 Å². The van der Waals surface area contributed by atoms with E-state index in [1.165, 1.54) is 12.1 Å². The molecule has 0 aromatic heterocycles. The van der Waals surface area contributed by atoms with E-state index in [0.29, 0.717) is 19.4 Å². The van der Waals surface area contributed by atoms with E-state index in [4.69, 9.17) is 10.1 Å². The van der Waals surface area contributed by atoms with Crippen LogP contribution >= 0.6 is 0 Å². The maximum Gasteiger partial charge on any atom is 0.407 e. The minimum absolute atomic E-state index is 0.0634. The molecule has 0 spiro atoms. The van der Waals surface area contributed by atoms with Crippen LogP contribution in [0.15, 0.2) is 41.1 Å². The highest BCUT2D eigenvalue weighted by molar-refractivity contribution is 7.89. The third kappa shape index (κ3) is 9.40. The fourth-order valence-corrected chi connectivity index (χ4v) is 3.61. The first-order valence-electron chi connectivity index (χ1n) is 9.23. The van der Waals surface area contributed by atoms with Crippen molar-refractivity contribution >= 4 is 16.1 Å². The molecular formula is C19H29N4O5S+. The number of aliphatic hydroxyl groups is 1. The number of carbonyl (C=O) groups is 1. The molecule has 9 nitrogen and oxygen atoms in total. The largest absolute Gasteiger partial charge is 0.504 e. The van der Waals surface area contributed by atoms with E-state index in [2.05, 4.69) is 15.0 Å². The van der Waals surface area contributed by atoms with Crippen molar-refractivity contribution in [1.82, 2.24) is 10.0 Å². The summed E-state index contributed by atoms with van der Waals surface area (Å²) in [5, 5.41) is 21.3. The summed E-state index contributed by atoms with van der Waals surface area (Å²) in [6, 6.07) is 5.31. The number of unbranched alkanes of at least 4 members (excludes halogenated alkanes) is 1. The van der Waals surface area contributed by atoms with Crippen molar-refractivity contribution in [3.05, 3.63) is 46.8 Å². The van der Waals surface area contributed by atoms with Gasteiger partial charge in [-0.05, 0) is 59.1 Å². The molecule has 0 fully saturated rings. The quantitative estimate of drug-likeness (QED) is 0.315. The number of hydrogen-bond donors (Lipinski definition) is 3. The van der Waals surface area contributed by atoms with E-state index in [1.54, 1.807) is 32.9 Å². The number of nitrogens with zero attached hydrogens (tertiary/aromatic N) is 2. The highest BCUT2D eigenvalue weighted by Gasteiger charge is 2.25. The number of carbonyl (C=O) groups excluding carboxylic acids is 1. The molecule has 0 bridgehead atoms. The van der Waals surface area contributed by atoms with Crippen LogP contribution in [0.3, 0.4) is 0 Å². The van der Waals surface area contributed by atoms with Gasteiger partial charge in [0.15, 0.2) is 10.7 Å². The van der Waals surface area contributed by atoms with Crippen molar-refractivity contribution in [3.63, 3.8) is 0 Å². The van der Waals surface area contributed by atoms with Gasteiger partial charge in [-0.2, -0.15) is 0 Å². The van der Waals surface area contributed by atoms with Crippen LogP contribution in [0.5, 0.6) is 0 Å². The summed E-state index contributed by atoms with van der Waals surface area (Å²) in [6.45, 7) is 7.46. The lowest BCUT2D eigenvalue weighted by atomic mass is 10.1. The van der Waals surface area contributed by atoms with Gasteiger partial charge in [-0.25, -0.2) is 17.9 Å². The number of amides is 1. The van der Waals surface area contributed by atoms with Crippen LogP contribution in [-0.2, 0) is 14.8 Å². The van der Waals surface area contributed by atoms with Crippen LogP contribution in [0.25, 0.3) is 4.98 Å². The van der Waals surface area contributed by atoms with Gasteiger partial charge in [0.05, 0.1) is 10.9 Å². The van der Waals surface area contributed by atoms with Crippen LogP contribution in [0.4, 0.5) is 4.79 Å². The monoisotopic (exact) mass is 425 g/mol. The standard InChI is InChI=1S/C19H28N4O5S/c1-14-8-10-15(11-9-14)29(26,27)23-16(17(24)13-22-20)7-5-6-12-21-18(25)28-19(2,3)4/h8-11,13,16,23H,5-7,12H2,1-4H3,(H-,21,24,25)/p+1/b17-13-/t16-/m0/s1. The lowest BCUT2D eigenvalue weighted by Crippen LogP contribution is -2.36. The number of sulfonamides is 1. The molecule has 0 saturated carbocycles. The van der Waals surface area contributed by atoms with Gasteiger partial charge >= 0.3 is 12.3 Å². The molecule has 1 atom stereocenters. The Morgan fingerprint density at radius 3 is 2.45 bits per heavy atom. The summed E-state index contributed by atoms with van der Waals surface area (Å²) in [7, 11) is -3.88. The summed E-state index contributed by atoms with van der Waals surface area (Å²) in [6.07, 6.45) is 1.50. The molecule has 0 saturated heterocycles. The highest BCUT2D eigenvalue weighted by Crippen LogP contribution is 2.15. The van der Waals surface area contributed by atoms with Crippen LogP contribution in [0.1, 0.15) is 45.6 Å². The summed E-state index contributed by atoms with van der Waals surface area (Å²) >= 11 is 0. The average molecular weight is 426 g/mol. The minimum Gasteiger partial charge on any atom is -0.504 e. The zero-order valence-electron chi connectivity index (χ0n) is 17.2. The smallest absolute Gasteiger partial charge is 0.407 e. The Morgan fingerprint density at radius 1 is 1.28 bits per heavy atom. The summed E-state index contributed by atoms with van der Waals surface area (Å²) in [5.41, 5.74) is 0.327. The van der Waals surface area contributed by atoms with Crippen LogP contribution in [-0.4, -0.2) is 37.8 Å². The molecule has 0 unspecified atom stereocenters. The van der Waals surface area contributed by atoms with Crippen molar-refractivity contribution in [2.75, 3.05) is 6.54 Å². The summed E-state index contributed by atoms with van der Waals surface area (Å²) < 4.78 is 32.7. The minimum atomic E-state index is -3.88. The molecule has 1 aromatic rings. The second-order valence-corrected chi connectivity index (χ2v) is 9.29. The van der Waals surface area contributed by atoms with Crippen LogP contribution < -0.4 is 10.0 Å². The Hall–Kier alpha value is -2.64. The van der Waals surface area contributed by atoms with E-state index in [0.717, 1.165) is 11.8 Å². The molecule has 0 aliphatic heterocycles. The van der Waals surface area contributed by atoms with Crippen LogP contribution in [0.2, 0.25) is 0 Å². The van der Waals surface area contributed by atoms with Gasteiger partial charge < -0.3 is 15.2 Å². The van der Waals surface area contributed by atoms with Crippen molar-refractivity contribution in [2.24, 2.45) is 0 Å². The third-order valence-electron chi connectivity index (χ3n) is 3.76. The number of alkyl carbamates (subject to hydrolysis) is 1. The Kier molecular flexibility index (Phi) is 9.07. The Balaban J connectivity index is 2.66. The molecule has 29 heavy (non-hydrogen) atoms. The predicted octanol–water partition coefficient (Wildman–Crippen LogP) is 3.59. The number of hydrogen-bond acceptors (Lipinski definition) is 6. The fourth-order valence-electron chi connectivity index (χ4n) is 2.37. The molecule has 0 aliphatic carbocycles. The molecule has 10 heteroatoms. The summed E-state index contributed by atoms with van der Waals surface area (Å²) in [5.74, 6) is -0.414. The van der Waals surface area contributed by atoms with Crippen LogP contribution in [0, 0.1) is 12.3 Å². The van der Waals surface area contributed by atoms with Crippen molar-refractivity contribution < 1.29 is 23.1 Å². The van der Waals surface area contributed by atoms with E-state index < -0.39 is 33.5 Å². The van der Waals surface area contributed by atoms with Gasteiger partial charge in [0, 0.05) is 6.54 Å². The topological polar surface area (TPSA) is 133 Å². The molecule has 1 aromatic carbocycles. The molecule has 0 aliphatic rings. The van der Waals surface area contributed by atoms with Gasteiger partial charge in [-0.1, -0.05) is 17.7 Å². The number of diazo groups is 1. The zero-order valence-corrected chi connectivity index (χ0v) is 18.0. The number of aryl methyl sites for hydroxylation is 1. The lowest BCUT2D eigenvalue weighted by molar-refractivity contribution is 0.0527. The van der Waals surface area contributed by atoms with Crippen molar-refractivity contribution in [1.29, 1.82) is 5.39 Å². The first kappa shape index (κ1) is 24.4. The lowest BCUT2D eigenvalue weighted by Gasteiger charge is -2.20. The van der Waals surface area contributed by atoms with Gasteiger partial charge in [0.2, 0.25) is 15.4 Å². The molecule has 0 radical (unpaired) electrons. The van der Waals surface area contributed by atoms with E-state index in [9.17, 15) is 18.3 Å². The SMILES string of the molecule is Cc1ccc(S(=O)(=O)N[C@@H](CCCCNC(=O)OC(C)(C)C)/C(O)=C/[N+]#N)cc1. The third-order valence-corrected chi connectivity index (χ3v) is 5.25. The predicted molar refractivity (Wildman–Crippen MR) is 109 cm³/mol. The van der Waals surface area contributed by atoms with Gasteiger partial charge in [-0.3, -0.25) is 0 Å². The van der Waals surface area contributed by atoms with Gasteiger partial charge in [0.1, 0.15) is 5.60 Å². The number of aliphatic hydroxyl groups excluding tert-OH is 1. The zero-order chi connectivity index (χ0) is 22.1. The van der Waals surface area contributed by atoms with E-state index in [1.807, 2.05) is 6.92 Å². The van der Waals surface area contributed by atoms with Crippen molar-refractivity contribution in [3.8, 4) is 0 Å². The second-order valence-electron chi connectivity index (χ2n) is 7.58. The number of benzene rings is 1. The van der Waals surface area contributed by atoms with Gasteiger partial charge in [0.25, 0.3) is 0 Å². The molecule has 1 rings (SSSR count). The number of rotatable bonds is 9. The fraction of sp³-hybridized carbons (Fsp3) is 0.526. The number of nitrogens with one attached hydrogen (secondary N) is 2. The molecular weight excluding hydrogens is 396 g/mol. The maximum absolute atomic E-state index is 12.6. The first-order valence-corrected chi connectivity index (χ1v) is 10.7. The normalized spacial score (nSPS) is 13.4.